The molecule has 16 heavy (non-hydrogen) atoms. The Balaban J connectivity index is 2.61. The van der Waals surface area contributed by atoms with Crippen LogP contribution >= 0.6 is 11.3 Å². The van der Waals surface area contributed by atoms with Crippen molar-refractivity contribution in [2.75, 3.05) is 19.8 Å². The summed E-state index contributed by atoms with van der Waals surface area (Å²) in [4.78, 5) is 28.3. The number of hydrogen-bond donors (Lipinski definition) is 2. The number of aromatic nitrogens is 1. The summed E-state index contributed by atoms with van der Waals surface area (Å²) >= 11 is 1.19. The van der Waals surface area contributed by atoms with Crippen molar-refractivity contribution in [3.63, 3.8) is 0 Å². The summed E-state index contributed by atoms with van der Waals surface area (Å²) in [5.74, 6) is -0.563. The molecule has 0 saturated heterocycles. The number of nitrogens with two attached hydrogens (primary N) is 1. The lowest BCUT2D eigenvalue weighted by Crippen LogP contribution is -2.44. The zero-order valence-corrected chi connectivity index (χ0v) is 10.2. The van der Waals surface area contributed by atoms with Crippen molar-refractivity contribution in [2.24, 2.45) is 0 Å². The molecule has 7 heteroatoms. The largest absolute Gasteiger partial charge is 0.375 e. The van der Waals surface area contributed by atoms with Gasteiger partial charge in [0, 0.05) is 19.5 Å². The van der Waals surface area contributed by atoms with Crippen LogP contribution in [0.25, 0.3) is 0 Å². The zero-order chi connectivity index (χ0) is 12.3. The minimum absolute atomic E-state index is 0.170. The summed E-state index contributed by atoms with van der Waals surface area (Å²) in [5, 5.41) is 4.43. The average Bonchev–Trinajstić information content (AvgIpc) is 2.63. The van der Waals surface area contributed by atoms with Gasteiger partial charge in [0.1, 0.15) is 11.7 Å². The van der Waals surface area contributed by atoms with Gasteiger partial charge in [0.25, 0.3) is 5.91 Å². The van der Waals surface area contributed by atoms with E-state index < -0.39 is 11.9 Å². The number of carbonyl (C=O) groups is 2. The van der Waals surface area contributed by atoms with Crippen LogP contribution in [0.15, 0.2) is 5.38 Å². The number of carbonyl (C=O) groups excluding carboxylic acids is 2. The van der Waals surface area contributed by atoms with Crippen LogP contribution < -0.4 is 11.1 Å². The van der Waals surface area contributed by atoms with Crippen LogP contribution in [-0.4, -0.2) is 41.8 Å². The van der Waals surface area contributed by atoms with Gasteiger partial charge in [-0.05, 0) is 6.92 Å². The Hall–Kier alpha value is -1.63. The highest BCUT2D eigenvalue weighted by atomic mass is 32.1. The molecule has 6 nitrogen and oxygen atoms in total. The highest BCUT2D eigenvalue weighted by Crippen LogP contribution is 2.10. The molecule has 1 aromatic rings. The maximum absolute atomic E-state index is 11.6. The summed E-state index contributed by atoms with van der Waals surface area (Å²) in [6.07, 6.45) is 0. The topological polar surface area (TPSA) is 88.3 Å². The van der Waals surface area contributed by atoms with E-state index in [1.807, 2.05) is 0 Å². The van der Waals surface area contributed by atoms with Gasteiger partial charge in [0.2, 0.25) is 5.91 Å². The van der Waals surface area contributed by atoms with Gasteiger partial charge in [0.05, 0.1) is 0 Å². The molecule has 1 atom stereocenters. The lowest BCUT2D eigenvalue weighted by Gasteiger charge is -2.17. The predicted octanol–water partition coefficient (Wildman–Crippen LogP) is -0.0682. The third-order valence-corrected chi connectivity index (χ3v) is 2.59. The highest BCUT2D eigenvalue weighted by molar-refractivity contribution is 7.13. The van der Waals surface area contributed by atoms with Gasteiger partial charge in [-0.1, -0.05) is 0 Å². The van der Waals surface area contributed by atoms with Gasteiger partial charge in [-0.2, -0.15) is 0 Å². The molecule has 3 N–H and O–H groups in total. The van der Waals surface area contributed by atoms with E-state index in [4.69, 9.17) is 5.73 Å². The molecule has 0 aromatic carbocycles. The summed E-state index contributed by atoms with van der Waals surface area (Å²) in [6, 6.07) is -0.578. The van der Waals surface area contributed by atoms with Crippen LogP contribution in [0.3, 0.4) is 0 Å². The number of hydrogen-bond acceptors (Lipinski definition) is 5. The molecular weight excluding hydrogens is 228 g/mol. The Kier molecular flexibility index (Phi) is 3.83. The second-order valence-corrected chi connectivity index (χ2v) is 4.39. The van der Waals surface area contributed by atoms with Gasteiger partial charge in [0.15, 0.2) is 5.13 Å². The van der Waals surface area contributed by atoms with Gasteiger partial charge in [-0.15, -0.1) is 11.3 Å². The van der Waals surface area contributed by atoms with Crippen molar-refractivity contribution < 1.29 is 9.59 Å². The van der Waals surface area contributed by atoms with E-state index in [0.29, 0.717) is 5.13 Å². The Morgan fingerprint density at radius 2 is 2.19 bits per heavy atom. The quantitative estimate of drug-likeness (QED) is 0.776. The molecule has 2 amide bonds. The molecule has 0 fully saturated rings. The first-order chi connectivity index (χ1) is 7.41. The van der Waals surface area contributed by atoms with E-state index in [0.717, 1.165) is 0 Å². The molecule has 88 valence electrons. The van der Waals surface area contributed by atoms with Crippen molar-refractivity contribution in [2.45, 2.75) is 13.0 Å². The average molecular weight is 242 g/mol. The Morgan fingerprint density at radius 3 is 2.62 bits per heavy atom. The molecule has 0 aliphatic heterocycles. The molecule has 1 rings (SSSR count). The number of amides is 2. The van der Waals surface area contributed by atoms with Crippen molar-refractivity contribution in [3.8, 4) is 0 Å². The summed E-state index contributed by atoms with van der Waals surface area (Å²) in [7, 11) is 3.26. The Bertz CT molecular complexity index is 402. The number of anilines is 1. The lowest BCUT2D eigenvalue weighted by atomic mass is 10.3. The monoisotopic (exact) mass is 242 g/mol. The predicted molar refractivity (Wildman–Crippen MR) is 62.1 cm³/mol. The molecule has 1 aromatic heterocycles. The first-order valence-corrected chi connectivity index (χ1v) is 5.53. The van der Waals surface area contributed by atoms with Gasteiger partial charge in [-0.3, -0.25) is 9.59 Å². The molecule has 1 heterocycles. The summed E-state index contributed by atoms with van der Waals surface area (Å²) < 4.78 is 0. The number of rotatable bonds is 3. The van der Waals surface area contributed by atoms with Crippen molar-refractivity contribution in [1.29, 1.82) is 0 Å². The van der Waals surface area contributed by atoms with Crippen LogP contribution in [0.2, 0.25) is 0 Å². The first kappa shape index (κ1) is 12.4. The fraction of sp³-hybridized carbons (Fsp3) is 0.444. The van der Waals surface area contributed by atoms with E-state index in [9.17, 15) is 9.59 Å². The maximum atomic E-state index is 11.6. The standard InChI is InChI=1S/C9H14N4O2S/c1-5(8(15)13(2)3)11-7(14)6-4-16-9(10)12-6/h4-5H,1-3H3,(H2,10,12)(H,11,14). The summed E-state index contributed by atoms with van der Waals surface area (Å²) in [5.41, 5.74) is 5.64. The minimum atomic E-state index is -0.578. The van der Waals surface area contributed by atoms with E-state index in [1.54, 1.807) is 26.4 Å². The fourth-order valence-electron chi connectivity index (χ4n) is 1.11. The molecule has 0 spiro atoms. The normalized spacial score (nSPS) is 11.9. The van der Waals surface area contributed by atoms with E-state index >= 15 is 0 Å². The van der Waals surface area contributed by atoms with Crippen LogP contribution in [0.4, 0.5) is 5.13 Å². The van der Waals surface area contributed by atoms with Gasteiger partial charge < -0.3 is 16.0 Å². The van der Waals surface area contributed by atoms with Crippen LogP contribution in [0, 0.1) is 0 Å². The van der Waals surface area contributed by atoms with Crippen LogP contribution in [0.1, 0.15) is 17.4 Å². The number of nitrogens with zero attached hydrogens (tertiary/aromatic N) is 2. The second kappa shape index (κ2) is 4.93. The van der Waals surface area contributed by atoms with Gasteiger partial charge >= 0.3 is 0 Å². The highest BCUT2D eigenvalue weighted by Gasteiger charge is 2.19. The molecule has 0 radical (unpaired) electrons. The fourth-order valence-corrected chi connectivity index (χ4v) is 1.65. The van der Waals surface area contributed by atoms with E-state index in [2.05, 4.69) is 10.3 Å². The maximum Gasteiger partial charge on any atom is 0.271 e. The first-order valence-electron chi connectivity index (χ1n) is 4.65. The SMILES string of the molecule is CC(NC(=O)c1csc(N)n1)C(=O)N(C)C. The van der Waals surface area contributed by atoms with Crippen molar-refractivity contribution >= 4 is 28.3 Å². The van der Waals surface area contributed by atoms with E-state index in [-0.39, 0.29) is 11.6 Å². The third-order valence-electron chi connectivity index (χ3n) is 1.91. The number of nitrogen functional groups attached to an aromatic ring is 1. The number of nitrogens with one attached hydrogen (secondary N) is 1. The van der Waals surface area contributed by atoms with Crippen molar-refractivity contribution in [1.82, 2.24) is 15.2 Å². The smallest absolute Gasteiger partial charge is 0.271 e. The van der Waals surface area contributed by atoms with Gasteiger partial charge in [-0.25, -0.2) is 4.98 Å². The zero-order valence-electron chi connectivity index (χ0n) is 9.35. The van der Waals surface area contributed by atoms with Crippen molar-refractivity contribution in [3.05, 3.63) is 11.1 Å². The molecule has 0 aliphatic carbocycles. The van der Waals surface area contributed by atoms with Crippen LogP contribution in [0.5, 0.6) is 0 Å². The summed E-state index contributed by atoms with van der Waals surface area (Å²) in [6.45, 7) is 1.62. The minimum Gasteiger partial charge on any atom is -0.375 e. The number of likely N-dealkylation sites (N-methyl/N-ethyl adjacent to an activating group) is 1. The molecule has 0 aliphatic rings. The Morgan fingerprint density at radius 1 is 1.56 bits per heavy atom. The van der Waals surface area contributed by atoms with E-state index in [1.165, 1.54) is 16.2 Å². The Labute approximate surface area is 97.5 Å². The molecule has 1 unspecified atom stereocenters. The molecule has 0 saturated carbocycles. The lowest BCUT2D eigenvalue weighted by molar-refractivity contribution is -0.130. The number of thiazole rings is 1. The van der Waals surface area contributed by atoms with Crippen LogP contribution in [-0.2, 0) is 4.79 Å². The third kappa shape index (κ3) is 2.93. The molecular formula is C9H14N4O2S. The molecule has 0 bridgehead atoms. The second-order valence-electron chi connectivity index (χ2n) is 3.50.